The van der Waals surface area contributed by atoms with Crippen molar-refractivity contribution in [1.82, 2.24) is 0 Å². The van der Waals surface area contributed by atoms with Gasteiger partial charge in [0, 0.05) is 17.8 Å². The molecule has 2 atom stereocenters. The molecule has 0 heterocycles. The lowest BCUT2D eigenvalue weighted by Gasteiger charge is -2.22. The van der Waals surface area contributed by atoms with E-state index in [1.165, 1.54) is 0 Å². The molecule has 1 aromatic carbocycles. The first kappa shape index (κ1) is 19.1. The van der Waals surface area contributed by atoms with E-state index in [0.29, 0.717) is 23.4 Å². The third-order valence-electron chi connectivity index (χ3n) is 3.73. The summed E-state index contributed by atoms with van der Waals surface area (Å²) in [7, 11) is 1.58. The van der Waals surface area contributed by atoms with Crippen molar-refractivity contribution >= 4 is 17.5 Å². The molecule has 2 unspecified atom stereocenters. The van der Waals surface area contributed by atoms with Gasteiger partial charge in [0.05, 0.1) is 12.8 Å². The van der Waals surface area contributed by atoms with Crippen LogP contribution in [0.25, 0.3) is 0 Å². The molecular formula is C18H30N2O3. The largest absolute Gasteiger partial charge is 0.494 e. The molecule has 0 saturated heterocycles. The molecule has 0 fully saturated rings. The van der Waals surface area contributed by atoms with E-state index in [1.807, 2.05) is 39.0 Å². The van der Waals surface area contributed by atoms with Crippen LogP contribution in [0.2, 0.25) is 0 Å². The predicted octanol–water partition coefficient (Wildman–Crippen LogP) is 4.89. The number of methoxy groups -OCH3 is 1. The first-order valence-corrected chi connectivity index (χ1v) is 8.10. The van der Waals surface area contributed by atoms with Gasteiger partial charge in [-0.25, -0.2) is 4.79 Å². The number of benzene rings is 1. The van der Waals surface area contributed by atoms with Crippen molar-refractivity contribution in [3.05, 3.63) is 18.2 Å². The predicted molar refractivity (Wildman–Crippen MR) is 95.4 cm³/mol. The van der Waals surface area contributed by atoms with Gasteiger partial charge in [-0.15, -0.1) is 0 Å². The first-order chi connectivity index (χ1) is 10.7. The summed E-state index contributed by atoms with van der Waals surface area (Å²) in [6.45, 7) is 12.0. The van der Waals surface area contributed by atoms with Crippen molar-refractivity contribution in [2.45, 2.75) is 59.6 Å². The zero-order valence-corrected chi connectivity index (χ0v) is 15.3. The van der Waals surface area contributed by atoms with E-state index >= 15 is 0 Å². The SMILES string of the molecule is CCC(C)C(C)Nc1ccc(NC(=O)OC(C)(C)C)c(OC)c1. The Bertz CT molecular complexity index is 523. The Labute approximate surface area is 139 Å². The molecule has 0 aliphatic carbocycles. The average molecular weight is 322 g/mol. The standard InChI is InChI=1S/C18H30N2O3/c1-8-12(2)13(3)19-14-9-10-15(16(11-14)22-7)20-17(21)23-18(4,5)6/h9-13,19H,8H2,1-7H3,(H,20,21). The Morgan fingerprint density at radius 1 is 1.26 bits per heavy atom. The maximum absolute atomic E-state index is 11.9. The molecule has 0 aromatic heterocycles. The molecule has 5 heteroatoms. The first-order valence-electron chi connectivity index (χ1n) is 8.10. The molecule has 0 aliphatic rings. The van der Waals surface area contributed by atoms with Gasteiger partial charge in [-0.2, -0.15) is 0 Å². The van der Waals surface area contributed by atoms with Crippen molar-refractivity contribution < 1.29 is 14.3 Å². The fraction of sp³-hybridized carbons (Fsp3) is 0.611. The van der Waals surface area contributed by atoms with Gasteiger partial charge in [-0.1, -0.05) is 20.3 Å². The van der Waals surface area contributed by atoms with Crippen LogP contribution in [0, 0.1) is 5.92 Å². The van der Waals surface area contributed by atoms with Crippen LogP contribution in [0.3, 0.4) is 0 Å². The number of hydrogen-bond acceptors (Lipinski definition) is 4. The lowest BCUT2D eigenvalue weighted by atomic mass is 10.0. The summed E-state index contributed by atoms with van der Waals surface area (Å²) in [6.07, 6.45) is 0.619. The van der Waals surface area contributed by atoms with Crippen LogP contribution in [-0.4, -0.2) is 24.8 Å². The lowest BCUT2D eigenvalue weighted by molar-refractivity contribution is 0.0635. The second-order valence-electron chi connectivity index (χ2n) is 6.86. The van der Waals surface area contributed by atoms with E-state index in [2.05, 4.69) is 31.4 Å². The van der Waals surface area contributed by atoms with Crippen molar-refractivity contribution in [3.8, 4) is 5.75 Å². The molecule has 1 rings (SSSR count). The summed E-state index contributed by atoms with van der Waals surface area (Å²) in [4.78, 5) is 11.9. The van der Waals surface area contributed by atoms with Gasteiger partial charge in [-0.05, 0) is 45.7 Å². The van der Waals surface area contributed by atoms with Crippen molar-refractivity contribution in [1.29, 1.82) is 0 Å². The summed E-state index contributed by atoms with van der Waals surface area (Å²) in [5.74, 6) is 1.16. The van der Waals surface area contributed by atoms with Crippen molar-refractivity contribution in [3.63, 3.8) is 0 Å². The quantitative estimate of drug-likeness (QED) is 0.783. The normalized spacial score (nSPS) is 13.9. The second-order valence-corrected chi connectivity index (χ2v) is 6.86. The molecular weight excluding hydrogens is 292 g/mol. The van der Waals surface area contributed by atoms with Crippen molar-refractivity contribution in [2.24, 2.45) is 5.92 Å². The molecule has 0 saturated carbocycles. The summed E-state index contributed by atoms with van der Waals surface area (Å²) in [5.41, 5.74) is 1.01. The minimum absolute atomic E-state index is 0.356. The van der Waals surface area contributed by atoms with E-state index in [-0.39, 0.29) is 0 Å². The number of hydrogen-bond donors (Lipinski definition) is 2. The molecule has 23 heavy (non-hydrogen) atoms. The van der Waals surface area contributed by atoms with Gasteiger partial charge in [0.15, 0.2) is 0 Å². The van der Waals surface area contributed by atoms with E-state index in [4.69, 9.17) is 9.47 Å². The Kier molecular flexibility index (Phi) is 6.73. The molecule has 0 bridgehead atoms. The minimum Gasteiger partial charge on any atom is -0.494 e. The fourth-order valence-electron chi connectivity index (χ4n) is 2.06. The van der Waals surface area contributed by atoms with Crippen LogP contribution in [-0.2, 0) is 4.74 Å². The van der Waals surface area contributed by atoms with Crippen molar-refractivity contribution in [2.75, 3.05) is 17.7 Å². The van der Waals surface area contributed by atoms with Crippen LogP contribution in [0.5, 0.6) is 5.75 Å². The third-order valence-corrected chi connectivity index (χ3v) is 3.73. The number of rotatable bonds is 6. The van der Waals surface area contributed by atoms with E-state index < -0.39 is 11.7 Å². The highest BCUT2D eigenvalue weighted by Gasteiger charge is 2.18. The molecule has 0 radical (unpaired) electrons. The number of nitrogens with one attached hydrogen (secondary N) is 2. The number of carbonyl (C=O) groups is 1. The monoisotopic (exact) mass is 322 g/mol. The van der Waals surface area contributed by atoms with Gasteiger partial charge in [-0.3, -0.25) is 5.32 Å². The zero-order valence-electron chi connectivity index (χ0n) is 15.3. The summed E-state index contributed by atoms with van der Waals surface area (Å²) in [6, 6.07) is 5.98. The molecule has 1 aromatic rings. The van der Waals surface area contributed by atoms with E-state index in [1.54, 1.807) is 7.11 Å². The van der Waals surface area contributed by atoms with Gasteiger partial charge < -0.3 is 14.8 Å². The Morgan fingerprint density at radius 2 is 1.91 bits per heavy atom. The Morgan fingerprint density at radius 3 is 2.43 bits per heavy atom. The number of carbonyl (C=O) groups excluding carboxylic acids is 1. The molecule has 5 nitrogen and oxygen atoms in total. The molecule has 0 spiro atoms. The van der Waals surface area contributed by atoms with Gasteiger partial charge in [0.2, 0.25) is 0 Å². The smallest absolute Gasteiger partial charge is 0.412 e. The van der Waals surface area contributed by atoms with Gasteiger partial charge in [0.25, 0.3) is 0 Å². The Balaban J connectivity index is 2.82. The van der Waals surface area contributed by atoms with Crippen LogP contribution in [0.4, 0.5) is 16.2 Å². The van der Waals surface area contributed by atoms with Crippen LogP contribution >= 0.6 is 0 Å². The molecule has 2 N–H and O–H groups in total. The average Bonchev–Trinajstić information content (AvgIpc) is 2.45. The molecule has 1 amide bonds. The highest BCUT2D eigenvalue weighted by Crippen LogP contribution is 2.29. The maximum atomic E-state index is 11.9. The molecule has 0 aliphatic heterocycles. The topological polar surface area (TPSA) is 59.6 Å². The zero-order chi connectivity index (χ0) is 17.6. The highest BCUT2D eigenvalue weighted by molar-refractivity contribution is 5.87. The lowest BCUT2D eigenvalue weighted by Crippen LogP contribution is -2.27. The number of anilines is 2. The van der Waals surface area contributed by atoms with Gasteiger partial charge in [0.1, 0.15) is 11.4 Å². The van der Waals surface area contributed by atoms with Gasteiger partial charge >= 0.3 is 6.09 Å². The third kappa shape index (κ3) is 6.38. The minimum atomic E-state index is -0.537. The van der Waals surface area contributed by atoms with Crippen LogP contribution in [0.15, 0.2) is 18.2 Å². The highest BCUT2D eigenvalue weighted by atomic mass is 16.6. The number of ether oxygens (including phenoxy) is 2. The Hall–Kier alpha value is -1.91. The fourth-order valence-corrected chi connectivity index (χ4v) is 2.06. The van der Waals surface area contributed by atoms with E-state index in [9.17, 15) is 4.79 Å². The maximum Gasteiger partial charge on any atom is 0.412 e. The van der Waals surface area contributed by atoms with Crippen LogP contribution in [0.1, 0.15) is 48.0 Å². The summed E-state index contributed by atoms with van der Waals surface area (Å²) < 4.78 is 10.6. The van der Waals surface area contributed by atoms with E-state index in [0.717, 1.165) is 12.1 Å². The molecule has 130 valence electrons. The summed E-state index contributed by atoms with van der Waals surface area (Å²) in [5, 5.41) is 6.18. The summed E-state index contributed by atoms with van der Waals surface area (Å²) >= 11 is 0. The van der Waals surface area contributed by atoms with Crippen LogP contribution < -0.4 is 15.4 Å². The number of amides is 1. The second kappa shape index (κ2) is 8.09.